The molecule has 1 amide bonds. The number of hydrogen-bond donors (Lipinski definition) is 2. The van der Waals surface area contributed by atoms with Crippen LogP contribution in [0.3, 0.4) is 0 Å². The van der Waals surface area contributed by atoms with Gasteiger partial charge in [0.25, 0.3) is 5.91 Å². The summed E-state index contributed by atoms with van der Waals surface area (Å²) < 4.78 is 6.13. The molecular weight excluding hydrogens is 392 g/mol. The zero-order valence-electron chi connectivity index (χ0n) is 17.3. The van der Waals surface area contributed by atoms with E-state index in [2.05, 4.69) is 48.7 Å². The fourth-order valence-electron chi connectivity index (χ4n) is 4.00. The van der Waals surface area contributed by atoms with Crippen LogP contribution in [0.5, 0.6) is 5.75 Å². The Morgan fingerprint density at radius 3 is 2.84 bits per heavy atom. The van der Waals surface area contributed by atoms with E-state index in [1.807, 2.05) is 12.1 Å². The van der Waals surface area contributed by atoms with E-state index in [0.717, 1.165) is 30.9 Å². The van der Waals surface area contributed by atoms with Gasteiger partial charge in [-0.25, -0.2) is 9.97 Å². The van der Waals surface area contributed by atoms with E-state index in [9.17, 15) is 4.79 Å². The van der Waals surface area contributed by atoms with Crippen LogP contribution in [0, 0.1) is 0 Å². The monoisotopic (exact) mass is 416 g/mol. The Bertz CT molecular complexity index is 1110. The van der Waals surface area contributed by atoms with E-state index in [1.165, 1.54) is 30.3 Å². The van der Waals surface area contributed by atoms with Gasteiger partial charge >= 0.3 is 0 Å². The van der Waals surface area contributed by atoms with Crippen molar-refractivity contribution in [3.8, 4) is 5.75 Å². The lowest BCUT2D eigenvalue weighted by atomic mass is 10.1. The molecule has 2 N–H and O–H groups in total. The number of carbonyl (C=O) groups is 1. The summed E-state index contributed by atoms with van der Waals surface area (Å²) in [5.41, 5.74) is 4.17. The van der Waals surface area contributed by atoms with Gasteiger partial charge in [-0.1, -0.05) is 12.1 Å². The largest absolute Gasteiger partial charge is 0.487 e. The van der Waals surface area contributed by atoms with Gasteiger partial charge in [0.2, 0.25) is 11.9 Å². The van der Waals surface area contributed by atoms with Crippen LogP contribution < -0.4 is 20.3 Å². The number of benzene rings is 2. The lowest BCUT2D eigenvalue weighted by Gasteiger charge is -2.38. The van der Waals surface area contributed by atoms with E-state index >= 15 is 0 Å². The average molecular weight is 416 g/mol. The maximum atomic E-state index is 11.8. The normalized spacial score (nSPS) is 15.2. The fraction of sp³-hybridized carbons (Fsp3) is 0.304. The predicted octanol–water partition coefficient (Wildman–Crippen LogP) is 2.73. The highest BCUT2D eigenvalue weighted by molar-refractivity contribution is 5.95. The molecule has 2 heterocycles. The molecule has 5 rings (SSSR count). The third kappa shape index (κ3) is 4.14. The Hall–Kier alpha value is -3.68. The van der Waals surface area contributed by atoms with Crippen LogP contribution in [-0.4, -0.2) is 47.1 Å². The maximum absolute atomic E-state index is 11.8. The van der Waals surface area contributed by atoms with Gasteiger partial charge in [-0.05, 0) is 60.7 Å². The van der Waals surface area contributed by atoms with Crippen molar-refractivity contribution in [3.63, 3.8) is 0 Å². The minimum absolute atomic E-state index is 0.122. The number of aromatic nitrogens is 3. The molecule has 8 nitrogen and oxygen atoms in total. The summed E-state index contributed by atoms with van der Waals surface area (Å²) in [6, 6.07) is 13.6. The molecule has 0 atom stereocenters. The third-order valence-corrected chi connectivity index (χ3v) is 5.67. The maximum Gasteiger partial charge on any atom is 0.251 e. The SMILES string of the molecule is CNC(=O)c1cccc(Nc2ncnc(N3CC(Oc4ccc5c(c4)CCC5)C3)n2)c1. The van der Waals surface area contributed by atoms with Gasteiger partial charge in [-0.3, -0.25) is 4.79 Å². The second kappa shape index (κ2) is 8.22. The topological polar surface area (TPSA) is 92.3 Å². The molecule has 0 bridgehead atoms. The molecule has 2 aromatic carbocycles. The lowest BCUT2D eigenvalue weighted by molar-refractivity contribution is 0.0963. The van der Waals surface area contributed by atoms with E-state index in [-0.39, 0.29) is 12.0 Å². The van der Waals surface area contributed by atoms with Gasteiger partial charge in [0.1, 0.15) is 18.2 Å². The predicted molar refractivity (Wildman–Crippen MR) is 118 cm³/mol. The number of nitrogens with one attached hydrogen (secondary N) is 2. The molecular formula is C23H24N6O2. The Morgan fingerprint density at radius 2 is 1.97 bits per heavy atom. The summed E-state index contributed by atoms with van der Waals surface area (Å²) in [6.45, 7) is 1.46. The fourth-order valence-corrected chi connectivity index (χ4v) is 4.00. The van der Waals surface area contributed by atoms with Crippen LogP contribution in [0.25, 0.3) is 0 Å². The van der Waals surface area contributed by atoms with Crippen LogP contribution >= 0.6 is 0 Å². The van der Waals surface area contributed by atoms with Gasteiger partial charge in [-0.2, -0.15) is 4.98 Å². The minimum atomic E-state index is -0.144. The molecule has 0 saturated carbocycles. The number of hydrogen-bond acceptors (Lipinski definition) is 7. The molecule has 1 aliphatic heterocycles. The van der Waals surface area contributed by atoms with Crippen LogP contribution in [0.15, 0.2) is 48.8 Å². The van der Waals surface area contributed by atoms with Crippen LogP contribution in [0.4, 0.5) is 17.6 Å². The second-order valence-corrected chi connectivity index (χ2v) is 7.82. The molecule has 1 aromatic heterocycles. The smallest absolute Gasteiger partial charge is 0.251 e. The third-order valence-electron chi connectivity index (χ3n) is 5.67. The van der Waals surface area contributed by atoms with Crippen molar-refractivity contribution < 1.29 is 9.53 Å². The highest BCUT2D eigenvalue weighted by Gasteiger charge is 2.31. The van der Waals surface area contributed by atoms with E-state index < -0.39 is 0 Å². The van der Waals surface area contributed by atoms with Crippen molar-refractivity contribution in [3.05, 3.63) is 65.5 Å². The summed E-state index contributed by atoms with van der Waals surface area (Å²) in [7, 11) is 1.61. The number of fused-ring (bicyclic) bond motifs is 1. The summed E-state index contributed by atoms with van der Waals surface area (Å²) in [4.78, 5) is 26.9. The zero-order valence-corrected chi connectivity index (χ0v) is 17.3. The van der Waals surface area contributed by atoms with Crippen molar-refractivity contribution in [1.82, 2.24) is 20.3 Å². The van der Waals surface area contributed by atoms with Gasteiger partial charge in [0.15, 0.2) is 0 Å². The van der Waals surface area contributed by atoms with E-state index in [0.29, 0.717) is 17.5 Å². The van der Waals surface area contributed by atoms with Crippen molar-refractivity contribution >= 4 is 23.5 Å². The van der Waals surface area contributed by atoms with E-state index in [4.69, 9.17) is 4.74 Å². The first-order valence-electron chi connectivity index (χ1n) is 10.5. The minimum Gasteiger partial charge on any atom is -0.487 e. The molecule has 1 fully saturated rings. The zero-order chi connectivity index (χ0) is 21.2. The highest BCUT2D eigenvalue weighted by Crippen LogP contribution is 2.28. The van der Waals surface area contributed by atoms with Gasteiger partial charge in [0, 0.05) is 18.3 Å². The molecule has 0 spiro atoms. The lowest BCUT2D eigenvalue weighted by Crippen LogP contribution is -2.54. The number of anilines is 3. The highest BCUT2D eigenvalue weighted by atomic mass is 16.5. The van der Waals surface area contributed by atoms with Crippen molar-refractivity contribution in [2.45, 2.75) is 25.4 Å². The molecule has 3 aromatic rings. The number of aryl methyl sites for hydroxylation is 2. The molecule has 31 heavy (non-hydrogen) atoms. The Balaban J connectivity index is 1.20. The van der Waals surface area contributed by atoms with Gasteiger partial charge in [-0.15, -0.1) is 0 Å². The van der Waals surface area contributed by atoms with Crippen molar-refractivity contribution in [1.29, 1.82) is 0 Å². The Kier molecular flexibility index (Phi) is 5.11. The van der Waals surface area contributed by atoms with Gasteiger partial charge < -0.3 is 20.3 Å². The van der Waals surface area contributed by atoms with E-state index in [1.54, 1.807) is 19.2 Å². The molecule has 1 saturated heterocycles. The summed E-state index contributed by atoms with van der Waals surface area (Å²) in [6.07, 6.45) is 5.18. The standard InChI is InChI=1S/C23H24N6O2/c1-24-21(30)17-6-3-7-18(10-17)27-22-25-14-26-23(28-22)29-12-20(13-29)31-19-9-8-15-4-2-5-16(15)11-19/h3,6-11,14,20H,2,4-5,12-13H2,1H3,(H,24,30)(H,25,26,27,28). The molecule has 2 aliphatic rings. The number of amides is 1. The first-order chi connectivity index (χ1) is 15.2. The Morgan fingerprint density at radius 1 is 1.10 bits per heavy atom. The van der Waals surface area contributed by atoms with Crippen LogP contribution in [0.1, 0.15) is 27.9 Å². The number of carbonyl (C=O) groups excluding carboxylic acids is 1. The second-order valence-electron chi connectivity index (χ2n) is 7.82. The van der Waals surface area contributed by atoms with Crippen molar-refractivity contribution in [2.24, 2.45) is 0 Å². The summed E-state index contributed by atoms with van der Waals surface area (Å²) >= 11 is 0. The average Bonchev–Trinajstić information content (AvgIpc) is 3.23. The number of nitrogens with zero attached hydrogens (tertiary/aromatic N) is 4. The number of rotatable bonds is 6. The molecule has 0 unspecified atom stereocenters. The summed E-state index contributed by atoms with van der Waals surface area (Å²) in [5, 5.41) is 5.76. The summed E-state index contributed by atoms with van der Waals surface area (Å²) in [5.74, 6) is 1.84. The van der Waals surface area contributed by atoms with Crippen LogP contribution in [0.2, 0.25) is 0 Å². The first-order valence-corrected chi connectivity index (χ1v) is 10.5. The van der Waals surface area contributed by atoms with Crippen LogP contribution in [-0.2, 0) is 12.8 Å². The van der Waals surface area contributed by atoms with Gasteiger partial charge in [0.05, 0.1) is 13.1 Å². The number of ether oxygens (including phenoxy) is 1. The quantitative estimate of drug-likeness (QED) is 0.638. The molecule has 1 aliphatic carbocycles. The molecule has 158 valence electrons. The first kappa shape index (κ1) is 19.3. The van der Waals surface area contributed by atoms with Crippen molar-refractivity contribution in [2.75, 3.05) is 30.4 Å². The Labute approximate surface area is 180 Å². The molecule has 8 heteroatoms. The molecule has 0 radical (unpaired) electrons.